The van der Waals surface area contributed by atoms with E-state index in [4.69, 9.17) is 5.73 Å². The maximum atomic E-state index is 12.3. The van der Waals surface area contributed by atoms with Gasteiger partial charge in [0.05, 0.1) is 12.6 Å². The molecule has 0 unspecified atom stereocenters. The topological polar surface area (TPSA) is 194 Å². The van der Waals surface area contributed by atoms with Crippen LogP contribution in [-0.2, 0) is 33.2 Å². The fraction of sp³-hybridized carbons (Fsp3) is 0.714. The highest BCUT2D eigenvalue weighted by molar-refractivity contribution is 7.81. The summed E-state index contributed by atoms with van der Waals surface area (Å²) in [6, 6.07) is -2.46. The van der Waals surface area contributed by atoms with E-state index >= 15 is 0 Å². The summed E-state index contributed by atoms with van der Waals surface area (Å²) in [5.41, 5.74) is 2.80. The number of fused-ring (bicyclic) bond motifs is 2. The fourth-order valence-electron chi connectivity index (χ4n) is 3.57. The Bertz CT molecular complexity index is 809. The lowest BCUT2D eigenvalue weighted by molar-refractivity contribution is -0.169. The molecule has 28 heavy (non-hydrogen) atoms. The van der Waals surface area contributed by atoms with Crippen molar-refractivity contribution in [1.29, 1.82) is 0 Å². The first-order valence-electron chi connectivity index (χ1n) is 8.44. The number of hydrogen-bond donors (Lipinski definition) is 3. The molecule has 2 bridgehead atoms. The number of hydrogen-bond acceptors (Lipinski definition) is 8. The van der Waals surface area contributed by atoms with Crippen molar-refractivity contribution in [2.75, 3.05) is 13.2 Å². The third-order valence-electron chi connectivity index (χ3n) is 5.29. The summed E-state index contributed by atoms with van der Waals surface area (Å²) < 4.78 is 33.5. The molecule has 3 fully saturated rings. The van der Waals surface area contributed by atoms with E-state index in [1.165, 1.54) is 0 Å². The second-order valence-corrected chi connectivity index (χ2v) is 8.21. The maximum absolute atomic E-state index is 12.3. The van der Waals surface area contributed by atoms with Crippen LogP contribution in [0.4, 0.5) is 4.79 Å². The van der Waals surface area contributed by atoms with Gasteiger partial charge in [0, 0.05) is 6.54 Å². The summed E-state index contributed by atoms with van der Waals surface area (Å²) in [6.07, 6.45) is 1.09. The summed E-state index contributed by atoms with van der Waals surface area (Å²) in [5, 5.41) is 19.2. The van der Waals surface area contributed by atoms with Crippen molar-refractivity contribution in [1.82, 2.24) is 9.96 Å². The first-order valence-corrected chi connectivity index (χ1v) is 9.78. The molecule has 2 heterocycles. The summed E-state index contributed by atoms with van der Waals surface area (Å²) in [6.45, 7) is -1.15. The number of piperidine rings is 1. The van der Waals surface area contributed by atoms with Crippen LogP contribution in [0.5, 0.6) is 0 Å². The van der Waals surface area contributed by atoms with Gasteiger partial charge in [-0.05, 0) is 31.6 Å². The molecule has 13 nitrogen and oxygen atoms in total. The number of carboxylic acid groups (broad SMARTS) is 2. The number of carbonyl (C=O) groups is 4. The van der Waals surface area contributed by atoms with Crippen molar-refractivity contribution in [3.8, 4) is 0 Å². The summed E-state index contributed by atoms with van der Waals surface area (Å²) in [7, 11) is -4.94. The Kier molecular flexibility index (Phi) is 4.97. The number of primary amides is 1. The number of carboxylic acids is 2. The van der Waals surface area contributed by atoms with Gasteiger partial charge in [0.1, 0.15) is 6.04 Å². The van der Waals surface area contributed by atoms with Gasteiger partial charge in [-0.15, -0.1) is 4.28 Å². The minimum atomic E-state index is -4.94. The van der Waals surface area contributed by atoms with Crippen LogP contribution in [0, 0.1) is 11.3 Å². The van der Waals surface area contributed by atoms with Crippen LogP contribution in [0.15, 0.2) is 0 Å². The molecule has 0 aromatic heterocycles. The maximum Gasteiger partial charge on any atom is 0.421 e. The summed E-state index contributed by atoms with van der Waals surface area (Å²) >= 11 is 0. The normalized spacial score (nSPS) is 25.1. The molecule has 0 spiro atoms. The molecule has 3 aliphatic rings. The average molecular weight is 421 g/mol. The first kappa shape index (κ1) is 20.3. The third kappa shape index (κ3) is 3.38. The molecule has 4 N–H and O–H groups in total. The van der Waals surface area contributed by atoms with Gasteiger partial charge in [-0.1, -0.05) is 0 Å². The predicted octanol–water partition coefficient (Wildman–Crippen LogP) is -1.50. The average Bonchev–Trinajstić information content (AvgIpc) is 3.40. The lowest BCUT2D eigenvalue weighted by Gasteiger charge is -2.27. The number of hydroxylamine groups is 2. The standard InChI is InChI=1S/C14H19N3O10S/c15-10(18)9-4-3-8-5-16(9)13(23)17(8)27-28(24,25)26-6-14(11(19)20,12(21)22)7-1-2-7/h7-9H,1-6H2,(H2,15,18)(H,19,20)(H,21,22)/t8-,9+/m1/s1. The Labute approximate surface area is 159 Å². The minimum Gasteiger partial charge on any atom is -0.480 e. The lowest BCUT2D eigenvalue weighted by atomic mass is 9.84. The predicted molar refractivity (Wildman–Crippen MR) is 86.3 cm³/mol. The zero-order valence-electron chi connectivity index (χ0n) is 14.5. The molecule has 2 aliphatic heterocycles. The number of nitrogens with zero attached hydrogens (tertiary/aromatic N) is 2. The highest BCUT2D eigenvalue weighted by atomic mass is 32.3. The van der Waals surface area contributed by atoms with Gasteiger partial charge in [0.2, 0.25) is 5.91 Å². The highest BCUT2D eigenvalue weighted by Crippen LogP contribution is 2.46. The zero-order chi connectivity index (χ0) is 20.9. The minimum absolute atomic E-state index is 0.0260. The molecule has 2 saturated heterocycles. The van der Waals surface area contributed by atoms with Crippen LogP contribution >= 0.6 is 0 Å². The van der Waals surface area contributed by atoms with Gasteiger partial charge in [-0.25, -0.2) is 8.98 Å². The van der Waals surface area contributed by atoms with Crippen molar-refractivity contribution >= 4 is 34.3 Å². The Balaban J connectivity index is 1.71. The van der Waals surface area contributed by atoms with Crippen LogP contribution in [0.2, 0.25) is 0 Å². The van der Waals surface area contributed by atoms with E-state index < -0.39 is 64.3 Å². The number of urea groups is 1. The van der Waals surface area contributed by atoms with Gasteiger partial charge in [-0.2, -0.15) is 13.5 Å². The molecular formula is C14H19N3O10S. The summed E-state index contributed by atoms with van der Waals surface area (Å²) in [5.74, 6) is -4.94. The number of carbonyl (C=O) groups excluding carboxylic acids is 2. The quantitative estimate of drug-likeness (QED) is 0.369. The fourth-order valence-corrected chi connectivity index (χ4v) is 4.32. The van der Waals surface area contributed by atoms with Crippen LogP contribution in [0.25, 0.3) is 0 Å². The smallest absolute Gasteiger partial charge is 0.421 e. The van der Waals surface area contributed by atoms with E-state index in [2.05, 4.69) is 8.47 Å². The Morgan fingerprint density at radius 1 is 1.14 bits per heavy atom. The second-order valence-electron chi connectivity index (χ2n) is 7.01. The zero-order valence-corrected chi connectivity index (χ0v) is 15.3. The van der Waals surface area contributed by atoms with Crippen LogP contribution in [0.3, 0.4) is 0 Å². The van der Waals surface area contributed by atoms with Crippen LogP contribution in [0.1, 0.15) is 25.7 Å². The van der Waals surface area contributed by atoms with Gasteiger partial charge in [0.25, 0.3) is 0 Å². The molecule has 1 aliphatic carbocycles. The van der Waals surface area contributed by atoms with Gasteiger partial charge >= 0.3 is 28.4 Å². The van der Waals surface area contributed by atoms with E-state index in [-0.39, 0.29) is 19.4 Å². The Morgan fingerprint density at radius 3 is 2.25 bits per heavy atom. The molecule has 2 atom stereocenters. The molecule has 0 radical (unpaired) electrons. The van der Waals surface area contributed by atoms with Crippen molar-refractivity contribution in [3.63, 3.8) is 0 Å². The molecule has 156 valence electrons. The number of rotatable bonds is 9. The van der Waals surface area contributed by atoms with Crippen LogP contribution < -0.4 is 5.73 Å². The van der Waals surface area contributed by atoms with E-state index in [0.29, 0.717) is 17.9 Å². The second kappa shape index (κ2) is 6.86. The molecular weight excluding hydrogens is 402 g/mol. The SMILES string of the molecule is NC(=O)[C@@H]1CC[C@@H]2CN1C(=O)N2OS(=O)(=O)OCC(C(=O)O)(C(=O)O)C1CC1. The first-order chi connectivity index (χ1) is 13.0. The van der Waals surface area contributed by atoms with E-state index in [1.807, 2.05) is 0 Å². The number of aliphatic carboxylic acids is 2. The van der Waals surface area contributed by atoms with E-state index in [9.17, 15) is 37.8 Å². The van der Waals surface area contributed by atoms with E-state index in [0.717, 1.165) is 4.90 Å². The molecule has 1 saturated carbocycles. The Hall–Kier alpha value is -2.45. The van der Waals surface area contributed by atoms with Gasteiger partial charge in [0.15, 0.2) is 5.41 Å². The molecule has 3 rings (SSSR count). The monoisotopic (exact) mass is 421 g/mol. The summed E-state index contributed by atoms with van der Waals surface area (Å²) in [4.78, 5) is 47.8. The van der Waals surface area contributed by atoms with Gasteiger partial charge in [-0.3, -0.25) is 14.4 Å². The number of amides is 3. The Morgan fingerprint density at radius 2 is 1.75 bits per heavy atom. The van der Waals surface area contributed by atoms with Crippen molar-refractivity contribution < 1.29 is 46.3 Å². The third-order valence-corrected chi connectivity index (χ3v) is 6.04. The lowest BCUT2D eigenvalue weighted by Crippen LogP contribution is -2.48. The van der Waals surface area contributed by atoms with Crippen molar-refractivity contribution in [3.05, 3.63) is 0 Å². The number of nitrogens with two attached hydrogens (primary N) is 1. The molecule has 0 aromatic rings. The van der Waals surface area contributed by atoms with Crippen LogP contribution in [-0.4, -0.2) is 77.7 Å². The molecule has 14 heteroatoms. The largest absolute Gasteiger partial charge is 0.480 e. The molecule has 3 amide bonds. The highest BCUT2D eigenvalue weighted by Gasteiger charge is 2.59. The van der Waals surface area contributed by atoms with Gasteiger partial charge < -0.3 is 20.8 Å². The van der Waals surface area contributed by atoms with Crippen molar-refractivity contribution in [2.24, 2.45) is 17.1 Å². The van der Waals surface area contributed by atoms with Crippen molar-refractivity contribution in [2.45, 2.75) is 37.8 Å². The molecule has 0 aromatic carbocycles. The van der Waals surface area contributed by atoms with E-state index in [1.54, 1.807) is 0 Å².